The number of aromatic nitrogens is 3. The van der Waals surface area contributed by atoms with Crippen LogP contribution in [-0.2, 0) is 13.8 Å². The Morgan fingerprint density at radius 1 is 1.28 bits per heavy atom. The number of fused-ring (bicyclic) bond motifs is 1. The minimum Gasteiger partial charge on any atom is -0.388 e. The Labute approximate surface area is 167 Å². The molecule has 0 amide bonds. The molecule has 0 aliphatic carbocycles. The fourth-order valence-corrected chi connectivity index (χ4v) is 4.26. The van der Waals surface area contributed by atoms with Gasteiger partial charge in [-0.2, -0.15) is 0 Å². The summed E-state index contributed by atoms with van der Waals surface area (Å²) < 4.78 is 25.0. The van der Waals surface area contributed by atoms with Crippen LogP contribution in [0.4, 0.5) is 5.82 Å². The normalized spacial score (nSPS) is 28.0. The zero-order valence-electron chi connectivity index (χ0n) is 16.6. The minimum absolute atomic E-state index is 0.0152. The molecule has 5 atom stereocenters. The molecule has 0 radical (unpaired) electrons. The van der Waals surface area contributed by atoms with Gasteiger partial charge in [-0.25, -0.2) is 9.97 Å². The van der Waals surface area contributed by atoms with Crippen molar-refractivity contribution in [3.05, 3.63) is 18.6 Å². The fourth-order valence-electron chi connectivity index (χ4n) is 3.29. The molecule has 11 nitrogen and oxygen atoms in total. The summed E-state index contributed by atoms with van der Waals surface area (Å²) in [7, 11) is -4.37. The number of aliphatic hydroxyl groups is 3. The minimum atomic E-state index is -4.37. The first-order valence-corrected chi connectivity index (χ1v) is 10.7. The average Bonchev–Trinajstić information content (AvgIpc) is 3.10. The average molecular weight is 430 g/mol. The quantitative estimate of drug-likeness (QED) is 0.411. The monoisotopic (exact) mass is 430 g/mol. The Morgan fingerprint density at radius 3 is 2.55 bits per heavy atom. The first kappa shape index (κ1) is 22.1. The molecule has 1 aliphatic rings. The molecular weight excluding hydrogens is 403 g/mol. The van der Waals surface area contributed by atoms with Crippen molar-refractivity contribution in [1.29, 1.82) is 0 Å². The lowest BCUT2D eigenvalue weighted by molar-refractivity contribution is -0.0629. The van der Waals surface area contributed by atoms with E-state index in [9.17, 15) is 24.8 Å². The van der Waals surface area contributed by atoms with Crippen molar-refractivity contribution in [2.24, 2.45) is 0 Å². The highest BCUT2D eigenvalue weighted by molar-refractivity contribution is 7.54. The molecule has 3 rings (SSSR count). The van der Waals surface area contributed by atoms with Gasteiger partial charge in [0.1, 0.15) is 30.0 Å². The summed E-state index contributed by atoms with van der Waals surface area (Å²) in [5.41, 5.74) is 5.03. The molecular formula is C17H27N4O7P. The van der Waals surface area contributed by atoms with Crippen LogP contribution in [0.1, 0.15) is 40.3 Å². The Hall–Kier alpha value is -1.59. The zero-order chi connectivity index (χ0) is 21.8. The van der Waals surface area contributed by atoms with Gasteiger partial charge in [0, 0.05) is 12.6 Å². The van der Waals surface area contributed by atoms with Gasteiger partial charge in [0.15, 0.2) is 11.6 Å². The van der Waals surface area contributed by atoms with E-state index in [1.165, 1.54) is 34.0 Å². The van der Waals surface area contributed by atoms with E-state index < -0.39 is 43.1 Å². The predicted molar refractivity (Wildman–Crippen MR) is 104 cm³/mol. The SMILES string of the molecule is CC(C)(CC1O[C@@H](n2ccc3c(N)ncnc32)[C@H](O)C1O)OP(=O)(O)C(C)(C)O. The summed E-state index contributed by atoms with van der Waals surface area (Å²) in [6, 6.07) is 1.68. The standard InChI is InChI=1S/C17H27N4O7P/c1-16(2,28-29(25,26)17(3,4)24)7-10-11(22)12(23)15(27-10)21-6-5-9-13(18)19-8-20-14(9)21/h5-6,8,10-12,15,22-24H,7H2,1-4H3,(H,25,26)(H2,18,19,20)/t10?,11?,12-,15-/m1/s1. The summed E-state index contributed by atoms with van der Waals surface area (Å²) >= 11 is 0. The van der Waals surface area contributed by atoms with Crippen LogP contribution >= 0.6 is 7.60 Å². The number of hydrogen-bond acceptors (Lipinski definition) is 9. The number of anilines is 1. The third-order valence-electron chi connectivity index (χ3n) is 4.91. The molecule has 12 heteroatoms. The smallest absolute Gasteiger partial charge is 0.359 e. The van der Waals surface area contributed by atoms with Crippen molar-refractivity contribution < 1.29 is 34.0 Å². The molecule has 0 aromatic carbocycles. The second kappa shape index (κ2) is 7.28. The van der Waals surface area contributed by atoms with Gasteiger partial charge >= 0.3 is 7.60 Å². The first-order chi connectivity index (χ1) is 13.2. The van der Waals surface area contributed by atoms with Crippen LogP contribution < -0.4 is 5.73 Å². The van der Waals surface area contributed by atoms with Crippen molar-refractivity contribution in [1.82, 2.24) is 14.5 Å². The summed E-state index contributed by atoms with van der Waals surface area (Å²) in [6.45, 7) is 5.43. The van der Waals surface area contributed by atoms with Crippen LogP contribution in [0.2, 0.25) is 0 Å². The Kier molecular flexibility index (Phi) is 5.55. The van der Waals surface area contributed by atoms with Crippen LogP contribution in [0.3, 0.4) is 0 Å². The molecule has 0 spiro atoms. The van der Waals surface area contributed by atoms with Gasteiger partial charge in [-0.15, -0.1) is 0 Å². The molecule has 162 valence electrons. The lowest BCUT2D eigenvalue weighted by Crippen LogP contribution is -2.38. The van der Waals surface area contributed by atoms with E-state index in [-0.39, 0.29) is 12.2 Å². The van der Waals surface area contributed by atoms with E-state index in [0.29, 0.717) is 11.0 Å². The molecule has 29 heavy (non-hydrogen) atoms. The fraction of sp³-hybridized carbons (Fsp3) is 0.647. The number of nitrogen functional groups attached to an aromatic ring is 1. The van der Waals surface area contributed by atoms with Crippen molar-refractivity contribution >= 4 is 24.4 Å². The van der Waals surface area contributed by atoms with E-state index in [2.05, 4.69) is 9.97 Å². The summed E-state index contributed by atoms with van der Waals surface area (Å²) in [4.78, 5) is 18.1. The van der Waals surface area contributed by atoms with Crippen LogP contribution in [0.15, 0.2) is 18.6 Å². The van der Waals surface area contributed by atoms with E-state index >= 15 is 0 Å². The van der Waals surface area contributed by atoms with Gasteiger partial charge < -0.3 is 39.8 Å². The molecule has 6 N–H and O–H groups in total. The summed E-state index contributed by atoms with van der Waals surface area (Å²) in [5, 5.41) is 29.5. The summed E-state index contributed by atoms with van der Waals surface area (Å²) in [5.74, 6) is 0.276. The molecule has 0 bridgehead atoms. The molecule has 3 heterocycles. The summed E-state index contributed by atoms with van der Waals surface area (Å²) in [6.07, 6.45) is -1.51. The van der Waals surface area contributed by atoms with Gasteiger partial charge in [-0.05, 0) is 33.8 Å². The number of ether oxygens (including phenoxy) is 1. The van der Waals surface area contributed by atoms with Gasteiger partial charge in [0.05, 0.1) is 17.1 Å². The van der Waals surface area contributed by atoms with E-state index in [0.717, 1.165) is 0 Å². The maximum Gasteiger partial charge on any atom is 0.359 e. The number of nitrogens with two attached hydrogens (primary N) is 1. The van der Waals surface area contributed by atoms with Crippen molar-refractivity contribution in [3.63, 3.8) is 0 Å². The highest BCUT2D eigenvalue weighted by Gasteiger charge is 2.49. The maximum atomic E-state index is 12.3. The van der Waals surface area contributed by atoms with Crippen LogP contribution in [0.5, 0.6) is 0 Å². The number of hydrogen-bond donors (Lipinski definition) is 5. The second-order valence-corrected chi connectivity index (χ2v) is 10.7. The third kappa shape index (κ3) is 4.17. The van der Waals surface area contributed by atoms with Crippen LogP contribution in [0.25, 0.3) is 11.0 Å². The van der Waals surface area contributed by atoms with Crippen LogP contribution in [-0.4, -0.2) is 64.0 Å². The lowest BCUT2D eigenvalue weighted by Gasteiger charge is -2.34. The van der Waals surface area contributed by atoms with Gasteiger partial charge in [-0.1, -0.05) is 0 Å². The van der Waals surface area contributed by atoms with E-state index in [1.54, 1.807) is 16.8 Å². The molecule has 0 saturated carbocycles. The second-order valence-electron chi connectivity index (χ2n) is 8.34. The predicted octanol–water partition coefficient (Wildman–Crippen LogP) is 0.732. The molecule has 2 aromatic rings. The van der Waals surface area contributed by atoms with Crippen molar-refractivity contribution in [2.75, 3.05) is 5.73 Å². The Morgan fingerprint density at radius 2 is 1.93 bits per heavy atom. The van der Waals surface area contributed by atoms with Gasteiger partial charge in [0.2, 0.25) is 0 Å². The Bertz CT molecular complexity index is 941. The largest absolute Gasteiger partial charge is 0.388 e. The Balaban J connectivity index is 1.80. The molecule has 1 aliphatic heterocycles. The van der Waals surface area contributed by atoms with Crippen LogP contribution in [0, 0.1) is 0 Å². The number of nitrogens with zero attached hydrogens (tertiary/aromatic N) is 3. The number of aliphatic hydroxyl groups excluding tert-OH is 2. The molecule has 2 aromatic heterocycles. The van der Waals surface area contributed by atoms with E-state index in [4.69, 9.17) is 15.0 Å². The lowest BCUT2D eigenvalue weighted by atomic mass is 9.97. The van der Waals surface area contributed by atoms with Gasteiger partial charge in [-0.3, -0.25) is 4.57 Å². The van der Waals surface area contributed by atoms with Crippen molar-refractivity contribution in [3.8, 4) is 0 Å². The first-order valence-electron chi connectivity index (χ1n) is 9.08. The number of rotatable bonds is 6. The highest BCUT2D eigenvalue weighted by atomic mass is 31.2. The third-order valence-corrected chi connectivity index (χ3v) is 7.03. The van der Waals surface area contributed by atoms with E-state index in [1.807, 2.05) is 0 Å². The topological polar surface area (TPSA) is 173 Å². The molecule has 1 fully saturated rings. The van der Waals surface area contributed by atoms with Gasteiger partial charge in [0.25, 0.3) is 0 Å². The maximum absolute atomic E-state index is 12.3. The van der Waals surface area contributed by atoms with Crippen molar-refractivity contribution in [2.45, 2.75) is 69.6 Å². The zero-order valence-corrected chi connectivity index (χ0v) is 17.5. The highest BCUT2D eigenvalue weighted by Crippen LogP contribution is 2.57. The molecule has 3 unspecified atom stereocenters. The molecule has 1 saturated heterocycles.